The molecule has 33 heavy (non-hydrogen) atoms. The van der Waals surface area contributed by atoms with E-state index in [0.717, 1.165) is 59.4 Å². The van der Waals surface area contributed by atoms with Crippen molar-refractivity contribution >= 4 is 23.4 Å². The number of hydrogen-bond acceptors (Lipinski definition) is 6. The van der Waals surface area contributed by atoms with Gasteiger partial charge in [-0.15, -0.1) is 10.2 Å². The summed E-state index contributed by atoms with van der Waals surface area (Å²) >= 11 is 1.46. The molecule has 0 fully saturated rings. The predicted octanol–water partition coefficient (Wildman–Crippen LogP) is 4.48. The summed E-state index contributed by atoms with van der Waals surface area (Å²) < 4.78 is 7.48. The molecule has 8 heteroatoms. The van der Waals surface area contributed by atoms with E-state index in [-0.39, 0.29) is 17.7 Å². The standard InChI is InChI=1S/C25H27N5O2S/c1-32-20-13-11-19(12-14-20)22-16-21(18-8-4-2-5-9-18)28-30(22)24(31)17-33-25-27-26-23-10-6-3-7-15-29(23)25/h2,4-5,8-9,11-14,22H,3,6-7,10,15-17H2,1H3/t22-/m0/s1. The molecule has 1 aromatic heterocycles. The molecule has 170 valence electrons. The summed E-state index contributed by atoms with van der Waals surface area (Å²) in [6.07, 6.45) is 5.12. The summed E-state index contributed by atoms with van der Waals surface area (Å²) in [5, 5.41) is 16.0. The van der Waals surface area contributed by atoms with Crippen LogP contribution in [0.5, 0.6) is 5.75 Å². The highest BCUT2D eigenvalue weighted by molar-refractivity contribution is 7.99. The number of aryl methyl sites for hydroxylation is 1. The number of fused-ring (bicyclic) bond motifs is 1. The summed E-state index contributed by atoms with van der Waals surface area (Å²) in [4.78, 5) is 13.4. The molecule has 1 atom stereocenters. The van der Waals surface area contributed by atoms with Crippen LogP contribution in [0, 0.1) is 0 Å². The second-order valence-electron chi connectivity index (χ2n) is 8.29. The van der Waals surface area contributed by atoms with Gasteiger partial charge in [-0.25, -0.2) is 5.01 Å². The maximum atomic E-state index is 13.4. The van der Waals surface area contributed by atoms with Gasteiger partial charge in [0.15, 0.2) is 5.16 Å². The number of thioether (sulfide) groups is 1. The fourth-order valence-corrected chi connectivity index (χ4v) is 5.22. The lowest BCUT2D eigenvalue weighted by Gasteiger charge is -2.22. The monoisotopic (exact) mass is 461 g/mol. The molecule has 0 radical (unpaired) electrons. The summed E-state index contributed by atoms with van der Waals surface area (Å²) in [6, 6.07) is 17.8. The van der Waals surface area contributed by atoms with Gasteiger partial charge in [0.2, 0.25) is 0 Å². The lowest BCUT2D eigenvalue weighted by atomic mass is 9.98. The van der Waals surface area contributed by atoms with Crippen LogP contribution in [0.1, 0.15) is 48.7 Å². The van der Waals surface area contributed by atoms with Crippen molar-refractivity contribution in [2.45, 2.75) is 49.8 Å². The molecule has 2 aliphatic heterocycles. The van der Waals surface area contributed by atoms with E-state index in [0.29, 0.717) is 6.42 Å². The summed E-state index contributed by atoms with van der Waals surface area (Å²) in [5.74, 6) is 2.07. The fraction of sp³-hybridized carbons (Fsp3) is 0.360. The van der Waals surface area contributed by atoms with E-state index in [1.54, 1.807) is 12.1 Å². The van der Waals surface area contributed by atoms with Crippen molar-refractivity contribution in [3.05, 3.63) is 71.5 Å². The first kappa shape index (κ1) is 21.7. The fourth-order valence-electron chi connectivity index (χ4n) is 4.39. The average molecular weight is 462 g/mol. The van der Waals surface area contributed by atoms with Gasteiger partial charge in [0.25, 0.3) is 5.91 Å². The van der Waals surface area contributed by atoms with Gasteiger partial charge in [0.05, 0.1) is 24.6 Å². The number of aromatic nitrogens is 3. The molecule has 0 spiro atoms. The van der Waals surface area contributed by atoms with Gasteiger partial charge >= 0.3 is 0 Å². The van der Waals surface area contributed by atoms with Gasteiger partial charge in [-0.3, -0.25) is 4.79 Å². The predicted molar refractivity (Wildman–Crippen MR) is 128 cm³/mol. The van der Waals surface area contributed by atoms with Crippen molar-refractivity contribution in [1.82, 2.24) is 19.8 Å². The van der Waals surface area contributed by atoms with E-state index < -0.39 is 0 Å². The normalized spacial score (nSPS) is 17.9. The van der Waals surface area contributed by atoms with Crippen LogP contribution in [0.15, 0.2) is 64.9 Å². The van der Waals surface area contributed by atoms with Crippen LogP contribution in [-0.4, -0.2) is 44.3 Å². The van der Waals surface area contributed by atoms with E-state index in [1.165, 1.54) is 18.2 Å². The van der Waals surface area contributed by atoms with E-state index in [1.807, 2.05) is 54.6 Å². The van der Waals surface area contributed by atoms with Crippen LogP contribution >= 0.6 is 11.8 Å². The number of rotatable bonds is 6. The van der Waals surface area contributed by atoms with Crippen molar-refractivity contribution in [3.63, 3.8) is 0 Å². The zero-order chi connectivity index (χ0) is 22.6. The third-order valence-corrected chi connectivity index (χ3v) is 7.13. The van der Waals surface area contributed by atoms with Crippen molar-refractivity contribution in [3.8, 4) is 5.75 Å². The molecule has 0 aliphatic carbocycles. The number of benzene rings is 2. The Morgan fingerprint density at radius 1 is 1.06 bits per heavy atom. The Balaban J connectivity index is 1.37. The number of hydrogen-bond donors (Lipinski definition) is 0. The molecule has 2 aromatic carbocycles. The molecule has 5 rings (SSSR count). The Morgan fingerprint density at radius 3 is 2.67 bits per heavy atom. The quantitative estimate of drug-likeness (QED) is 0.506. The highest BCUT2D eigenvalue weighted by Crippen LogP contribution is 2.34. The van der Waals surface area contributed by atoms with Crippen LogP contribution in [0.25, 0.3) is 0 Å². The molecule has 1 amide bonds. The third-order valence-electron chi connectivity index (χ3n) is 6.17. The maximum absolute atomic E-state index is 13.4. The Kier molecular flexibility index (Phi) is 6.44. The van der Waals surface area contributed by atoms with Crippen molar-refractivity contribution < 1.29 is 9.53 Å². The number of amides is 1. The molecule has 0 N–H and O–H groups in total. The second-order valence-corrected chi connectivity index (χ2v) is 9.24. The molecular formula is C25H27N5O2S. The highest BCUT2D eigenvalue weighted by Gasteiger charge is 2.33. The van der Waals surface area contributed by atoms with E-state index in [4.69, 9.17) is 9.84 Å². The SMILES string of the molecule is COc1ccc([C@@H]2CC(c3ccccc3)=NN2C(=O)CSc2nnc3n2CCCCC3)cc1. The molecule has 0 saturated carbocycles. The first-order valence-corrected chi connectivity index (χ1v) is 12.4. The zero-order valence-corrected chi connectivity index (χ0v) is 19.5. The van der Waals surface area contributed by atoms with Gasteiger partial charge in [0.1, 0.15) is 11.6 Å². The minimum Gasteiger partial charge on any atom is -0.497 e. The average Bonchev–Trinajstić information content (AvgIpc) is 3.40. The van der Waals surface area contributed by atoms with Crippen LogP contribution in [0.3, 0.4) is 0 Å². The Morgan fingerprint density at radius 2 is 1.88 bits per heavy atom. The summed E-state index contributed by atoms with van der Waals surface area (Å²) in [7, 11) is 1.65. The highest BCUT2D eigenvalue weighted by atomic mass is 32.2. The molecule has 7 nitrogen and oxygen atoms in total. The number of ether oxygens (including phenoxy) is 1. The Bertz CT molecular complexity index is 1140. The summed E-state index contributed by atoms with van der Waals surface area (Å²) in [5.41, 5.74) is 3.01. The molecule has 2 aliphatic rings. The number of hydrazone groups is 1. The first-order chi connectivity index (χ1) is 16.2. The molecule has 3 heterocycles. The smallest absolute Gasteiger partial charge is 0.253 e. The van der Waals surface area contributed by atoms with Crippen LogP contribution in [-0.2, 0) is 17.8 Å². The lowest BCUT2D eigenvalue weighted by Crippen LogP contribution is -2.28. The van der Waals surface area contributed by atoms with Crippen molar-refractivity contribution in [1.29, 1.82) is 0 Å². The van der Waals surface area contributed by atoms with E-state index in [9.17, 15) is 4.79 Å². The Labute approximate surface area is 197 Å². The minimum atomic E-state index is -0.144. The second kappa shape index (κ2) is 9.79. The van der Waals surface area contributed by atoms with Gasteiger partial charge < -0.3 is 9.30 Å². The molecular weight excluding hydrogens is 434 g/mol. The van der Waals surface area contributed by atoms with Gasteiger partial charge in [0, 0.05) is 19.4 Å². The van der Waals surface area contributed by atoms with Gasteiger partial charge in [-0.2, -0.15) is 5.10 Å². The third kappa shape index (κ3) is 4.66. The van der Waals surface area contributed by atoms with E-state index >= 15 is 0 Å². The van der Waals surface area contributed by atoms with Gasteiger partial charge in [-0.05, 0) is 36.1 Å². The number of carbonyl (C=O) groups is 1. The molecule has 0 unspecified atom stereocenters. The number of nitrogens with zero attached hydrogens (tertiary/aromatic N) is 5. The lowest BCUT2D eigenvalue weighted by molar-refractivity contribution is -0.130. The zero-order valence-electron chi connectivity index (χ0n) is 18.7. The largest absolute Gasteiger partial charge is 0.497 e. The van der Waals surface area contributed by atoms with Crippen LogP contribution < -0.4 is 4.74 Å². The van der Waals surface area contributed by atoms with Crippen molar-refractivity contribution in [2.75, 3.05) is 12.9 Å². The number of carbonyl (C=O) groups excluding carboxylic acids is 1. The van der Waals surface area contributed by atoms with E-state index in [2.05, 4.69) is 14.8 Å². The number of methoxy groups -OCH3 is 1. The minimum absolute atomic E-state index is 0.0299. The molecule has 3 aromatic rings. The Hall–Kier alpha value is -3.13. The van der Waals surface area contributed by atoms with Crippen LogP contribution in [0.2, 0.25) is 0 Å². The molecule has 0 saturated heterocycles. The van der Waals surface area contributed by atoms with Gasteiger partial charge in [-0.1, -0.05) is 60.6 Å². The van der Waals surface area contributed by atoms with Crippen molar-refractivity contribution in [2.24, 2.45) is 5.10 Å². The maximum Gasteiger partial charge on any atom is 0.253 e. The molecule has 0 bridgehead atoms. The topological polar surface area (TPSA) is 72.6 Å². The first-order valence-electron chi connectivity index (χ1n) is 11.4. The summed E-state index contributed by atoms with van der Waals surface area (Å²) in [6.45, 7) is 0.924. The van der Waals surface area contributed by atoms with Crippen LogP contribution in [0.4, 0.5) is 0 Å².